The fourth-order valence-corrected chi connectivity index (χ4v) is 5.39. The van der Waals surface area contributed by atoms with Gasteiger partial charge < -0.3 is 10.1 Å². The van der Waals surface area contributed by atoms with Crippen LogP contribution in [0.5, 0.6) is 11.6 Å². The van der Waals surface area contributed by atoms with Gasteiger partial charge in [0.2, 0.25) is 5.88 Å². The molecule has 176 valence electrons. The number of hydrogen-bond acceptors (Lipinski definition) is 6. The van der Waals surface area contributed by atoms with E-state index in [4.69, 9.17) is 16.3 Å². The summed E-state index contributed by atoms with van der Waals surface area (Å²) in [4.78, 5) is 17.3. The smallest absolute Gasteiger partial charge is 0.238 e. The highest BCUT2D eigenvalue weighted by atomic mass is 35.5. The van der Waals surface area contributed by atoms with Crippen molar-refractivity contribution in [2.45, 2.75) is 58.0 Å². The third-order valence-electron chi connectivity index (χ3n) is 6.03. The second kappa shape index (κ2) is 9.21. The molecule has 1 aromatic carbocycles. The second-order valence-electron chi connectivity index (χ2n) is 10.2. The summed E-state index contributed by atoms with van der Waals surface area (Å²) in [5.41, 5.74) is 2.21. The minimum atomic E-state index is -0.0241. The maximum Gasteiger partial charge on any atom is 0.238 e. The molecular formula is C26H28ClN5O2. The van der Waals surface area contributed by atoms with Crippen molar-refractivity contribution in [2.75, 3.05) is 0 Å². The Balaban J connectivity index is 1.52. The molecule has 3 aromatic rings. The van der Waals surface area contributed by atoms with Crippen LogP contribution in [0, 0.1) is 17.2 Å². The zero-order valence-electron chi connectivity index (χ0n) is 19.8. The number of hydrogen-bond donors (Lipinski definition) is 2. The van der Waals surface area contributed by atoms with Crippen LogP contribution in [0.2, 0.25) is 5.02 Å². The Labute approximate surface area is 204 Å². The van der Waals surface area contributed by atoms with Crippen LogP contribution >= 0.6 is 11.6 Å². The van der Waals surface area contributed by atoms with E-state index in [1.165, 1.54) is 6.20 Å². The number of nitrogens with zero attached hydrogens (tertiary/aromatic N) is 3. The molecule has 2 N–H and O–H groups in total. The lowest BCUT2D eigenvalue weighted by Crippen LogP contribution is -2.57. The monoisotopic (exact) mass is 477 g/mol. The molecule has 0 amide bonds. The fourth-order valence-electron chi connectivity index (χ4n) is 5.19. The predicted molar refractivity (Wildman–Crippen MR) is 131 cm³/mol. The van der Waals surface area contributed by atoms with Gasteiger partial charge in [-0.15, -0.1) is 0 Å². The van der Waals surface area contributed by atoms with Crippen molar-refractivity contribution in [3.8, 4) is 28.8 Å². The summed E-state index contributed by atoms with van der Waals surface area (Å²) in [5, 5.41) is 20.3. The molecular weight excluding hydrogens is 450 g/mol. The topological polar surface area (TPSA) is 104 Å². The van der Waals surface area contributed by atoms with Crippen molar-refractivity contribution in [2.24, 2.45) is 5.92 Å². The zero-order valence-corrected chi connectivity index (χ0v) is 20.5. The van der Waals surface area contributed by atoms with Gasteiger partial charge in [-0.3, -0.25) is 9.89 Å². The van der Waals surface area contributed by atoms with E-state index in [0.29, 0.717) is 28.9 Å². The van der Waals surface area contributed by atoms with E-state index in [1.807, 2.05) is 6.07 Å². The van der Waals surface area contributed by atoms with Gasteiger partial charge in [-0.05, 0) is 58.6 Å². The van der Waals surface area contributed by atoms with E-state index in [0.717, 1.165) is 18.4 Å². The molecule has 0 aliphatic carbocycles. The molecule has 1 fully saturated rings. The van der Waals surface area contributed by atoms with E-state index >= 15 is 0 Å². The van der Waals surface area contributed by atoms with Crippen molar-refractivity contribution in [1.29, 1.82) is 5.26 Å². The third kappa shape index (κ3) is 5.30. The van der Waals surface area contributed by atoms with Crippen LogP contribution in [-0.2, 0) is 0 Å². The number of aromatic nitrogens is 3. The van der Waals surface area contributed by atoms with Crippen molar-refractivity contribution in [3.05, 3.63) is 59.0 Å². The number of piperidine rings is 1. The standard InChI is InChI=1S/C26H28ClN5O2/c1-25(2)10-16(11-26(3,4)32-25)8-22(33)17-9-21(27)24(29-13-17)34-23-7-5-6-19(20(23)12-28)18-14-30-31-15-18/h5-7,9,13-16,32H,8,10-11H2,1-4H3,(H,30,31). The Hall–Kier alpha value is -3.21. The van der Waals surface area contributed by atoms with Gasteiger partial charge in [0.1, 0.15) is 22.4 Å². The summed E-state index contributed by atoms with van der Waals surface area (Å²) in [6.07, 6.45) is 7.13. The molecule has 7 nitrogen and oxygen atoms in total. The first kappa shape index (κ1) is 23.9. The van der Waals surface area contributed by atoms with Crippen LogP contribution in [0.25, 0.3) is 11.1 Å². The molecule has 0 bridgehead atoms. The van der Waals surface area contributed by atoms with Crippen molar-refractivity contribution < 1.29 is 9.53 Å². The average Bonchev–Trinajstić information content (AvgIpc) is 3.27. The molecule has 2 aromatic heterocycles. The number of halogens is 1. The average molecular weight is 478 g/mol. The molecule has 0 atom stereocenters. The quantitative estimate of drug-likeness (QED) is 0.427. The van der Waals surface area contributed by atoms with Crippen LogP contribution in [0.3, 0.4) is 0 Å². The highest BCUT2D eigenvalue weighted by Crippen LogP contribution is 2.37. The summed E-state index contributed by atoms with van der Waals surface area (Å²) in [7, 11) is 0. The first-order chi connectivity index (χ1) is 16.1. The number of pyridine rings is 1. The van der Waals surface area contributed by atoms with Gasteiger partial charge >= 0.3 is 0 Å². The number of Topliss-reactive ketones (excluding diaryl/α,β-unsaturated/α-hetero) is 1. The summed E-state index contributed by atoms with van der Waals surface area (Å²) in [5.74, 6) is 0.758. The number of H-pyrrole nitrogens is 1. The maximum atomic E-state index is 13.0. The Morgan fingerprint density at radius 2 is 1.97 bits per heavy atom. The number of carbonyl (C=O) groups is 1. The van der Waals surface area contributed by atoms with Crippen LogP contribution in [-0.4, -0.2) is 32.0 Å². The van der Waals surface area contributed by atoms with Crippen molar-refractivity contribution in [1.82, 2.24) is 20.5 Å². The van der Waals surface area contributed by atoms with Gasteiger partial charge in [0.05, 0.1) is 6.20 Å². The van der Waals surface area contributed by atoms with Crippen LogP contribution < -0.4 is 10.1 Å². The van der Waals surface area contributed by atoms with Gasteiger partial charge in [-0.1, -0.05) is 23.7 Å². The van der Waals surface area contributed by atoms with Gasteiger partial charge in [-0.2, -0.15) is 10.4 Å². The molecule has 34 heavy (non-hydrogen) atoms. The van der Waals surface area contributed by atoms with E-state index < -0.39 is 0 Å². The lowest BCUT2D eigenvalue weighted by atomic mass is 9.74. The highest BCUT2D eigenvalue weighted by Gasteiger charge is 2.38. The first-order valence-corrected chi connectivity index (χ1v) is 11.6. The molecule has 1 aliphatic rings. The molecule has 0 saturated carbocycles. The normalized spacial score (nSPS) is 17.2. The Bertz CT molecular complexity index is 1230. The lowest BCUT2D eigenvalue weighted by molar-refractivity contribution is 0.0864. The summed E-state index contributed by atoms with van der Waals surface area (Å²) >= 11 is 6.44. The van der Waals surface area contributed by atoms with Gasteiger partial charge in [-0.25, -0.2) is 4.98 Å². The fraction of sp³-hybridized carbons (Fsp3) is 0.385. The van der Waals surface area contributed by atoms with Gasteiger partial charge in [0.15, 0.2) is 5.78 Å². The third-order valence-corrected chi connectivity index (χ3v) is 6.30. The number of ketones is 1. The van der Waals surface area contributed by atoms with Gasteiger partial charge in [0, 0.05) is 46.6 Å². The minimum Gasteiger partial charge on any atom is -0.436 e. The molecule has 1 aliphatic heterocycles. The summed E-state index contributed by atoms with van der Waals surface area (Å²) in [6.45, 7) is 8.69. The predicted octanol–water partition coefficient (Wildman–Crippen LogP) is 5.92. The summed E-state index contributed by atoms with van der Waals surface area (Å²) in [6, 6.07) is 9.06. The number of benzene rings is 1. The largest absolute Gasteiger partial charge is 0.436 e. The van der Waals surface area contributed by atoms with Crippen molar-refractivity contribution in [3.63, 3.8) is 0 Å². The molecule has 8 heteroatoms. The number of aromatic amines is 1. The van der Waals surface area contributed by atoms with Crippen LogP contribution in [0.4, 0.5) is 0 Å². The van der Waals surface area contributed by atoms with E-state index in [-0.39, 0.29) is 33.7 Å². The SMILES string of the molecule is CC1(C)CC(CC(=O)c2cnc(Oc3cccc(-c4cn[nH]c4)c3C#N)c(Cl)c2)CC(C)(C)N1. The Morgan fingerprint density at radius 3 is 2.59 bits per heavy atom. The maximum absolute atomic E-state index is 13.0. The molecule has 3 heterocycles. The number of carbonyl (C=O) groups excluding carboxylic acids is 1. The Kier molecular flexibility index (Phi) is 6.48. The number of nitrogens with one attached hydrogen (secondary N) is 2. The first-order valence-electron chi connectivity index (χ1n) is 11.3. The van der Waals surface area contributed by atoms with Crippen LogP contribution in [0.1, 0.15) is 62.9 Å². The lowest BCUT2D eigenvalue weighted by Gasteiger charge is -2.46. The summed E-state index contributed by atoms with van der Waals surface area (Å²) < 4.78 is 5.89. The zero-order chi connectivity index (χ0) is 24.5. The number of ether oxygens (including phenoxy) is 1. The highest BCUT2D eigenvalue weighted by molar-refractivity contribution is 6.32. The van der Waals surface area contributed by atoms with Crippen molar-refractivity contribution >= 4 is 17.4 Å². The molecule has 4 rings (SSSR count). The van der Waals surface area contributed by atoms with Gasteiger partial charge in [0.25, 0.3) is 0 Å². The van der Waals surface area contributed by atoms with E-state index in [2.05, 4.69) is 54.3 Å². The van der Waals surface area contributed by atoms with Crippen LogP contribution in [0.15, 0.2) is 42.9 Å². The molecule has 0 unspecified atom stereocenters. The van der Waals surface area contributed by atoms with E-state index in [9.17, 15) is 10.1 Å². The van der Waals surface area contributed by atoms with E-state index in [1.54, 1.807) is 30.6 Å². The molecule has 0 radical (unpaired) electrons. The Morgan fingerprint density at radius 1 is 1.24 bits per heavy atom. The number of rotatable bonds is 6. The second-order valence-corrected chi connectivity index (χ2v) is 10.6. The number of nitriles is 1. The molecule has 0 spiro atoms. The molecule has 1 saturated heterocycles. The minimum absolute atomic E-state index is 0.0131.